The molecule has 0 radical (unpaired) electrons. The highest BCUT2D eigenvalue weighted by atomic mass is 32.1. The van der Waals surface area contributed by atoms with Crippen LogP contribution in [-0.4, -0.2) is 47.4 Å². The molecule has 27 heavy (non-hydrogen) atoms. The van der Waals surface area contributed by atoms with Crippen molar-refractivity contribution in [3.8, 4) is 5.75 Å². The van der Waals surface area contributed by atoms with Gasteiger partial charge in [0.15, 0.2) is 5.69 Å². The number of halogens is 3. The lowest BCUT2D eigenvalue weighted by Crippen LogP contribution is -2.61. The van der Waals surface area contributed by atoms with E-state index in [-0.39, 0.29) is 16.5 Å². The maximum Gasteiger partial charge on any atom is 0.439 e. The smallest absolute Gasteiger partial charge is 0.439 e. The molecule has 2 aromatic rings. The van der Waals surface area contributed by atoms with Crippen LogP contribution in [0.5, 0.6) is 5.75 Å². The minimum absolute atomic E-state index is 0.0477. The molecule has 1 aromatic heterocycles. The van der Waals surface area contributed by atoms with Gasteiger partial charge < -0.3 is 14.6 Å². The van der Waals surface area contributed by atoms with E-state index in [0.717, 1.165) is 18.4 Å². The van der Waals surface area contributed by atoms with Crippen molar-refractivity contribution in [3.63, 3.8) is 0 Å². The number of aliphatic hydroxyl groups is 1. The van der Waals surface area contributed by atoms with Crippen LogP contribution in [0.4, 0.5) is 18.3 Å². The summed E-state index contributed by atoms with van der Waals surface area (Å²) < 4.78 is 51.7. The summed E-state index contributed by atoms with van der Waals surface area (Å²) in [6.45, 7) is -0.405. The summed E-state index contributed by atoms with van der Waals surface area (Å²) in [6, 6.07) is 6.51. The van der Waals surface area contributed by atoms with Gasteiger partial charge in [0, 0.05) is 10.9 Å². The molecule has 0 spiro atoms. The molecule has 4 rings (SSSR count). The zero-order valence-electron chi connectivity index (χ0n) is 13.7. The van der Waals surface area contributed by atoms with Crippen LogP contribution in [-0.2, 0) is 4.74 Å². The summed E-state index contributed by atoms with van der Waals surface area (Å²) in [5.74, 6) is -1.89. The first kappa shape index (κ1) is 17.7. The molecule has 0 saturated heterocycles. The number of thiazole rings is 1. The number of anilines is 1. The number of carbonyl (C=O) groups is 1. The Morgan fingerprint density at radius 3 is 2.89 bits per heavy atom. The topological polar surface area (TPSA) is 84.2 Å². The molecule has 1 N–H and O–H groups in total. The molecule has 3 heterocycles. The molecule has 2 aliphatic rings. The Balaban J connectivity index is 1.85. The second-order valence-corrected chi connectivity index (χ2v) is 6.72. The number of alkyl halides is 3. The first-order chi connectivity index (χ1) is 12.8. The zero-order valence-corrected chi connectivity index (χ0v) is 14.5. The van der Waals surface area contributed by atoms with E-state index in [1.165, 1.54) is 5.38 Å². The summed E-state index contributed by atoms with van der Waals surface area (Å²) in [7, 11) is 1.13. The number of nitrogens with zero attached hydrogens (tertiary/aromatic N) is 3. The van der Waals surface area contributed by atoms with Crippen molar-refractivity contribution in [2.75, 3.05) is 18.7 Å². The summed E-state index contributed by atoms with van der Waals surface area (Å²) in [4.78, 5) is 15.4. The van der Waals surface area contributed by atoms with Gasteiger partial charge in [-0.2, -0.15) is 23.3 Å². The SMILES string of the molecule is COC(=O)c1csc(N2N=C3c4ccccc4OC[C@H]3[C@@]2(O)C(F)(F)F)n1. The second-order valence-electron chi connectivity index (χ2n) is 5.89. The third kappa shape index (κ3) is 2.49. The summed E-state index contributed by atoms with van der Waals surface area (Å²) in [5, 5.41) is 16.1. The van der Waals surface area contributed by atoms with Gasteiger partial charge in [0.05, 0.1) is 18.7 Å². The number of esters is 1. The van der Waals surface area contributed by atoms with Gasteiger partial charge in [0.25, 0.3) is 5.72 Å². The van der Waals surface area contributed by atoms with E-state index >= 15 is 0 Å². The van der Waals surface area contributed by atoms with Crippen LogP contribution in [0.1, 0.15) is 16.1 Å². The lowest BCUT2D eigenvalue weighted by atomic mass is 9.86. The van der Waals surface area contributed by atoms with Crippen LogP contribution in [0, 0.1) is 5.92 Å². The van der Waals surface area contributed by atoms with Crippen molar-refractivity contribution in [3.05, 3.63) is 40.9 Å². The van der Waals surface area contributed by atoms with Crippen LogP contribution < -0.4 is 9.75 Å². The number of carbonyl (C=O) groups excluding carboxylic acids is 1. The van der Waals surface area contributed by atoms with Crippen LogP contribution in [0.15, 0.2) is 34.7 Å². The molecule has 0 aliphatic carbocycles. The van der Waals surface area contributed by atoms with Crippen LogP contribution >= 0.6 is 11.3 Å². The normalized spacial score (nSPS) is 24.0. The Bertz CT molecular complexity index is 945. The van der Waals surface area contributed by atoms with Crippen molar-refractivity contribution in [2.45, 2.75) is 11.9 Å². The summed E-state index contributed by atoms with van der Waals surface area (Å²) in [5.41, 5.74) is -3.12. The number of fused-ring (bicyclic) bond motifs is 3. The molecule has 1 aromatic carbocycles. The van der Waals surface area contributed by atoms with Gasteiger partial charge in [-0.1, -0.05) is 12.1 Å². The van der Waals surface area contributed by atoms with Crippen molar-refractivity contribution in [1.82, 2.24) is 4.98 Å². The van der Waals surface area contributed by atoms with E-state index in [0.29, 0.717) is 16.3 Å². The zero-order chi connectivity index (χ0) is 19.4. The van der Waals surface area contributed by atoms with E-state index in [9.17, 15) is 23.1 Å². The average Bonchev–Trinajstić information content (AvgIpc) is 3.24. The number of para-hydroxylation sites is 1. The average molecular weight is 399 g/mol. The predicted octanol–water partition coefficient (Wildman–Crippen LogP) is 2.41. The number of hydrogen-bond acceptors (Lipinski definition) is 8. The van der Waals surface area contributed by atoms with Crippen LogP contribution in [0.2, 0.25) is 0 Å². The Hall–Kier alpha value is -2.66. The van der Waals surface area contributed by atoms with E-state index in [1.807, 2.05) is 0 Å². The Kier molecular flexibility index (Phi) is 3.89. The van der Waals surface area contributed by atoms with Gasteiger partial charge in [-0.15, -0.1) is 11.3 Å². The molecular weight excluding hydrogens is 387 g/mol. The molecule has 142 valence electrons. The molecule has 11 heteroatoms. The lowest BCUT2D eigenvalue weighted by Gasteiger charge is -2.38. The van der Waals surface area contributed by atoms with E-state index in [2.05, 4.69) is 14.8 Å². The highest BCUT2D eigenvalue weighted by molar-refractivity contribution is 7.14. The van der Waals surface area contributed by atoms with Gasteiger partial charge in [-0.25, -0.2) is 9.78 Å². The predicted molar refractivity (Wildman–Crippen MR) is 88.9 cm³/mol. The van der Waals surface area contributed by atoms with Crippen molar-refractivity contribution in [1.29, 1.82) is 0 Å². The minimum Gasteiger partial charge on any atom is -0.492 e. The Morgan fingerprint density at radius 1 is 1.44 bits per heavy atom. The fraction of sp³-hybridized carbons (Fsp3) is 0.312. The van der Waals surface area contributed by atoms with Crippen LogP contribution in [0.3, 0.4) is 0 Å². The molecule has 0 unspecified atom stereocenters. The number of rotatable bonds is 2. The van der Waals surface area contributed by atoms with Gasteiger partial charge in [0.1, 0.15) is 12.4 Å². The molecular formula is C16H12F3N3O4S. The standard InChI is InChI=1S/C16H12F3N3O4S/c1-25-13(23)10-7-27-14(20-10)22-15(24,16(17,18)19)9-6-26-11-5-3-2-4-8(11)12(9)21-22/h2-5,7,9,24H,6H2,1H3/t9-,15-/m1/s1. The van der Waals surface area contributed by atoms with Gasteiger partial charge in [-0.3, -0.25) is 0 Å². The van der Waals surface area contributed by atoms with Crippen LogP contribution in [0.25, 0.3) is 0 Å². The molecule has 7 nitrogen and oxygen atoms in total. The highest BCUT2D eigenvalue weighted by Gasteiger charge is 2.69. The van der Waals surface area contributed by atoms with E-state index in [4.69, 9.17) is 4.74 Å². The molecule has 2 atom stereocenters. The first-order valence-corrected chi connectivity index (χ1v) is 8.59. The maximum absolute atomic E-state index is 13.9. The number of hydrogen-bond donors (Lipinski definition) is 1. The fourth-order valence-corrected chi connectivity index (χ4v) is 3.87. The number of methoxy groups -OCH3 is 1. The fourth-order valence-electron chi connectivity index (χ4n) is 3.07. The monoisotopic (exact) mass is 399 g/mol. The molecule has 2 aliphatic heterocycles. The third-order valence-corrected chi connectivity index (χ3v) is 5.22. The van der Waals surface area contributed by atoms with Gasteiger partial charge in [-0.05, 0) is 12.1 Å². The third-order valence-electron chi connectivity index (χ3n) is 4.40. The lowest BCUT2D eigenvalue weighted by molar-refractivity contribution is -0.270. The number of ether oxygens (including phenoxy) is 2. The minimum atomic E-state index is -5.06. The largest absolute Gasteiger partial charge is 0.492 e. The number of hydrazone groups is 1. The van der Waals surface area contributed by atoms with Crippen molar-refractivity contribution >= 4 is 28.1 Å². The van der Waals surface area contributed by atoms with Crippen molar-refractivity contribution < 1.29 is 32.5 Å². The Labute approximate surface area is 154 Å². The summed E-state index contributed by atoms with van der Waals surface area (Å²) in [6.07, 6.45) is -5.06. The highest BCUT2D eigenvalue weighted by Crippen LogP contribution is 2.49. The Morgan fingerprint density at radius 2 is 2.19 bits per heavy atom. The van der Waals surface area contributed by atoms with Gasteiger partial charge in [0.2, 0.25) is 5.13 Å². The summed E-state index contributed by atoms with van der Waals surface area (Å²) >= 11 is 0.742. The molecule has 0 amide bonds. The quantitative estimate of drug-likeness (QED) is 0.781. The van der Waals surface area contributed by atoms with Crippen molar-refractivity contribution in [2.24, 2.45) is 11.0 Å². The maximum atomic E-state index is 13.9. The van der Waals surface area contributed by atoms with E-state index in [1.54, 1.807) is 24.3 Å². The molecule has 0 fully saturated rings. The van der Waals surface area contributed by atoms with E-state index < -0.39 is 30.4 Å². The first-order valence-electron chi connectivity index (χ1n) is 7.71. The molecule has 0 bridgehead atoms. The number of aromatic nitrogens is 1. The molecule has 0 saturated carbocycles. The van der Waals surface area contributed by atoms with Gasteiger partial charge >= 0.3 is 12.1 Å². The second kappa shape index (κ2) is 5.92. The number of benzene rings is 1.